The SMILES string of the molecule is CCCCc1ccc([NH][Hf]([CH3])([CH3])([CH3])([CH3])([C]2=CC=CC2)[SiH](C)C)cc1.[H-].[H-]. The third-order valence-corrected chi connectivity index (χ3v) is 98.7. The Balaban J connectivity index is 0.00000312. The molecule has 0 fully saturated rings. The molecule has 0 bridgehead atoms. The van der Waals surface area contributed by atoms with Crippen LogP contribution in [0.5, 0.6) is 0 Å². The molecule has 0 aromatic heterocycles. The number of rotatable bonds is 7. The van der Waals surface area contributed by atoms with E-state index in [-0.39, 0.29) is 2.85 Å². The fourth-order valence-corrected chi connectivity index (χ4v) is 33.1. The molecule has 0 spiro atoms. The molecule has 0 saturated carbocycles. The summed E-state index contributed by atoms with van der Waals surface area (Å²) in [7, 11) is 0. The monoisotopic (exact) mass is 514 g/mol. The molecule has 1 aliphatic rings. The van der Waals surface area contributed by atoms with Crippen LogP contribution in [0.15, 0.2) is 45.8 Å². The predicted octanol–water partition coefficient (Wildman–Crippen LogP) is 7.36. The van der Waals surface area contributed by atoms with Crippen molar-refractivity contribution in [3.05, 3.63) is 51.4 Å². The molecular formula is C21H40HfNSi-2. The van der Waals surface area contributed by atoms with Crippen LogP contribution in [0, 0.1) is 0 Å². The third-order valence-electron chi connectivity index (χ3n) is 7.84. The number of nitrogens with one attached hydrogen (secondary N) is 1. The van der Waals surface area contributed by atoms with E-state index in [1.165, 1.54) is 30.5 Å². The minimum atomic E-state index is -4.29. The van der Waals surface area contributed by atoms with Crippen molar-refractivity contribution >= 4 is 11.7 Å². The largest absolute Gasteiger partial charge is 1.00 e. The minimum Gasteiger partial charge on any atom is -1.00 e. The van der Waals surface area contributed by atoms with Gasteiger partial charge < -0.3 is 2.85 Å². The minimum absolute atomic E-state index is 0. The van der Waals surface area contributed by atoms with Crippen molar-refractivity contribution in [2.24, 2.45) is 0 Å². The molecule has 1 N–H and O–H groups in total. The second-order valence-electron chi connectivity index (χ2n) is 12.0. The van der Waals surface area contributed by atoms with E-state index in [1.807, 2.05) is 0 Å². The molecule has 0 unspecified atom stereocenters. The maximum atomic E-state index is 4.26. The molecule has 1 nitrogen and oxygen atoms in total. The van der Waals surface area contributed by atoms with Crippen LogP contribution in [-0.2, 0) is 21.4 Å². The first-order valence-corrected chi connectivity index (χ1v) is 36.9. The van der Waals surface area contributed by atoms with E-state index in [9.17, 15) is 0 Å². The van der Waals surface area contributed by atoms with Gasteiger partial charge >= 0.3 is 146 Å². The summed E-state index contributed by atoms with van der Waals surface area (Å²) in [6.07, 6.45) is 11.9. The van der Waals surface area contributed by atoms with Gasteiger partial charge in [0.1, 0.15) is 0 Å². The third kappa shape index (κ3) is 3.31. The zero-order valence-corrected chi connectivity index (χ0v) is 21.7. The van der Waals surface area contributed by atoms with Crippen LogP contribution in [0.25, 0.3) is 0 Å². The van der Waals surface area contributed by atoms with Crippen LogP contribution >= 0.6 is 0 Å². The summed E-state index contributed by atoms with van der Waals surface area (Å²) < 4.78 is 16.5. The van der Waals surface area contributed by atoms with Crippen LogP contribution in [0.4, 0.5) is 5.69 Å². The van der Waals surface area contributed by atoms with Gasteiger partial charge in [-0.3, -0.25) is 0 Å². The zero-order chi connectivity index (χ0) is 18.2. The molecule has 0 saturated heterocycles. The molecule has 2 rings (SSSR count). The fraction of sp³-hybridized carbons (Fsp3) is 0.524. The normalized spacial score (nSPS) is 19.3. The Hall–Kier alpha value is -0.413. The van der Waals surface area contributed by atoms with Gasteiger partial charge in [-0.15, -0.1) is 0 Å². The number of hydrogen-bond donors (Lipinski definition) is 1. The van der Waals surface area contributed by atoms with Crippen LogP contribution in [0.2, 0.25) is 31.8 Å². The molecule has 24 heavy (non-hydrogen) atoms. The summed E-state index contributed by atoms with van der Waals surface area (Å²) in [5.41, 5.74) is 2.77. The van der Waals surface area contributed by atoms with Crippen LogP contribution in [0.1, 0.15) is 34.6 Å². The van der Waals surface area contributed by atoms with Gasteiger partial charge in [0.25, 0.3) is 0 Å². The average molecular weight is 513 g/mol. The van der Waals surface area contributed by atoms with Gasteiger partial charge in [-0.25, -0.2) is 0 Å². The van der Waals surface area contributed by atoms with Crippen LogP contribution in [0.3, 0.4) is 0 Å². The molecule has 0 amide bonds. The van der Waals surface area contributed by atoms with E-state index in [0.29, 0.717) is 0 Å². The second-order valence-corrected chi connectivity index (χ2v) is 101. The van der Waals surface area contributed by atoms with Gasteiger partial charge in [-0.2, -0.15) is 0 Å². The van der Waals surface area contributed by atoms with Crippen molar-refractivity contribution in [3.8, 4) is 0 Å². The quantitative estimate of drug-likeness (QED) is 0.376. The summed E-state index contributed by atoms with van der Waals surface area (Å²) in [6.45, 7) is 7.35. The Morgan fingerprint density at radius 3 is 2.17 bits per heavy atom. The Kier molecular flexibility index (Phi) is 4.39. The molecule has 1 aromatic carbocycles. The first-order chi connectivity index (χ1) is 10.8. The van der Waals surface area contributed by atoms with E-state index in [0.717, 1.165) is 6.42 Å². The summed E-state index contributed by atoms with van der Waals surface area (Å²) in [5, 5.41) is 0. The van der Waals surface area contributed by atoms with Crippen molar-refractivity contribution in [2.45, 2.75) is 64.4 Å². The molecule has 0 atom stereocenters. The van der Waals surface area contributed by atoms with E-state index < -0.39 is 21.0 Å². The van der Waals surface area contributed by atoms with E-state index >= 15 is 0 Å². The van der Waals surface area contributed by atoms with Gasteiger partial charge in [-0.1, -0.05) is 0 Å². The molecule has 1 aliphatic carbocycles. The van der Waals surface area contributed by atoms with Gasteiger partial charge in [0.05, 0.1) is 0 Å². The van der Waals surface area contributed by atoms with Crippen molar-refractivity contribution in [1.82, 2.24) is 0 Å². The number of unbranched alkanes of at least 4 members (excludes halogenated alkanes) is 1. The van der Waals surface area contributed by atoms with Crippen molar-refractivity contribution in [1.29, 1.82) is 0 Å². The molecule has 0 radical (unpaired) electrons. The number of aryl methyl sites for hydroxylation is 1. The first kappa shape index (κ1) is 19.9. The zero-order valence-electron chi connectivity index (χ0n) is 18.9. The van der Waals surface area contributed by atoms with Gasteiger partial charge in [0, 0.05) is 0 Å². The van der Waals surface area contributed by atoms with E-state index in [4.69, 9.17) is 0 Å². The van der Waals surface area contributed by atoms with E-state index in [1.54, 1.807) is 3.33 Å². The Labute approximate surface area is 148 Å². The topological polar surface area (TPSA) is 12.0 Å². The summed E-state index contributed by atoms with van der Waals surface area (Å²) in [4.78, 5) is 0. The standard InChI is InChI=1S/C10H14N.C5H5.C2H7Si.4CH3.Hf.2H/c1-2-3-4-9-5-7-10(11)8-6-9;1-2-4-5-3-1;1-3-2;;;;;;;/h5-8,11H,2-4H2,1H3;1-3H,4H2;3H,1-2H3;4*1H3;;;/q-1;;;;;;;+1;2*-1. The maximum absolute atomic E-state index is 4.29. The van der Waals surface area contributed by atoms with Gasteiger partial charge in [-0.05, 0) is 0 Å². The molecule has 0 heterocycles. The summed E-state index contributed by atoms with van der Waals surface area (Å²) >= 11 is -4.29. The second kappa shape index (κ2) is 5.29. The van der Waals surface area contributed by atoms with Crippen LogP contribution < -0.4 is 3.30 Å². The Morgan fingerprint density at radius 1 is 1.08 bits per heavy atom. The molecule has 1 aromatic rings. The van der Waals surface area contributed by atoms with Crippen molar-refractivity contribution in [3.63, 3.8) is 0 Å². The van der Waals surface area contributed by atoms with Crippen molar-refractivity contribution < 1.29 is 17.9 Å². The van der Waals surface area contributed by atoms with E-state index in [2.05, 4.69) is 84.5 Å². The average Bonchev–Trinajstić information content (AvgIpc) is 3.02. The number of benzene rings is 1. The fourth-order valence-electron chi connectivity index (χ4n) is 3.85. The predicted molar refractivity (Wildman–Crippen MR) is 115 cm³/mol. The molecular weight excluding hydrogens is 473 g/mol. The summed E-state index contributed by atoms with van der Waals surface area (Å²) in [6, 6.07) is 9.28. The smallest absolute Gasteiger partial charge is 1.00 e. The molecule has 0 aliphatic heterocycles. The first-order valence-electron chi connectivity index (χ1n) is 9.79. The number of allylic oxidation sites excluding steroid dienone is 4. The molecule has 139 valence electrons. The maximum Gasteiger partial charge on any atom is -1.00 e. The van der Waals surface area contributed by atoms with Crippen molar-refractivity contribution in [2.75, 3.05) is 3.30 Å². The van der Waals surface area contributed by atoms with Gasteiger partial charge in [0.15, 0.2) is 0 Å². The summed E-state index contributed by atoms with van der Waals surface area (Å²) in [5.74, 6) is -1.02. The van der Waals surface area contributed by atoms with Gasteiger partial charge in [0.2, 0.25) is 0 Å². The number of hydrogen-bond acceptors (Lipinski definition) is 1. The Morgan fingerprint density at radius 2 is 1.71 bits per heavy atom. The molecule has 3 heteroatoms. The number of anilines is 1. The van der Waals surface area contributed by atoms with Crippen LogP contribution in [-0.4, -0.2) is 5.98 Å². The Bertz CT molecular complexity index is 707.